The molecular weight excluding hydrogens is 452 g/mol. The Kier molecular flexibility index (Phi) is 6.40. The molecule has 4 rings (SSSR count). The predicted octanol–water partition coefficient (Wildman–Crippen LogP) is 3.26. The summed E-state index contributed by atoms with van der Waals surface area (Å²) in [5, 5.41) is 11.8. The summed E-state index contributed by atoms with van der Waals surface area (Å²) in [7, 11) is -0.397. The zero-order chi connectivity index (χ0) is 22.7. The third-order valence-corrected chi connectivity index (χ3v) is 7.89. The fraction of sp³-hybridized carbons (Fsp3) is 0.286. The molecule has 0 radical (unpaired) electrons. The number of hydrogen-bond acceptors (Lipinski definition) is 8. The highest BCUT2D eigenvalue weighted by Crippen LogP contribution is 2.36. The zero-order valence-electron chi connectivity index (χ0n) is 17.6. The largest absolute Gasteiger partial charge is 0.497 e. The van der Waals surface area contributed by atoms with Crippen molar-refractivity contribution in [3.8, 4) is 22.1 Å². The van der Waals surface area contributed by atoms with Gasteiger partial charge in [-0.15, -0.1) is 10.2 Å². The van der Waals surface area contributed by atoms with E-state index in [2.05, 4.69) is 15.5 Å². The summed E-state index contributed by atoms with van der Waals surface area (Å²) in [6.45, 7) is 1.06. The monoisotopic (exact) mass is 474 g/mol. The number of benzene rings is 2. The van der Waals surface area contributed by atoms with Crippen LogP contribution in [0.25, 0.3) is 10.6 Å². The van der Waals surface area contributed by atoms with Gasteiger partial charge in [0.1, 0.15) is 11.5 Å². The highest BCUT2D eigenvalue weighted by Gasteiger charge is 2.27. The second-order valence-corrected chi connectivity index (χ2v) is 9.98. The van der Waals surface area contributed by atoms with Crippen molar-refractivity contribution in [2.24, 2.45) is 0 Å². The van der Waals surface area contributed by atoms with Crippen LogP contribution < -0.4 is 14.8 Å². The van der Waals surface area contributed by atoms with Gasteiger partial charge >= 0.3 is 0 Å². The average molecular weight is 475 g/mol. The van der Waals surface area contributed by atoms with E-state index in [4.69, 9.17) is 9.47 Å². The SMILES string of the molecule is COc1ccc(-c2nnc(NC(=O)c3ccc(S(=O)(=O)N4CCCC4)cc3)s2)c(OC)c1. The quantitative estimate of drug-likeness (QED) is 0.559. The van der Waals surface area contributed by atoms with Crippen LogP contribution >= 0.6 is 11.3 Å². The van der Waals surface area contributed by atoms with E-state index >= 15 is 0 Å². The van der Waals surface area contributed by atoms with Crippen molar-refractivity contribution in [1.29, 1.82) is 0 Å². The number of nitrogens with one attached hydrogen (secondary N) is 1. The van der Waals surface area contributed by atoms with Crippen molar-refractivity contribution in [1.82, 2.24) is 14.5 Å². The molecule has 0 bridgehead atoms. The Morgan fingerprint density at radius 1 is 1.03 bits per heavy atom. The molecule has 0 aliphatic carbocycles. The van der Waals surface area contributed by atoms with E-state index in [0.717, 1.165) is 18.4 Å². The number of aromatic nitrogens is 2. The number of nitrogens with zero attached hydrogens (tertiary/aromatic N) is 3. The number of amides is 1. The van der Waals surface area contributed by atoms with Gasteiger partial charge in [0.05, 0.1) is 24.7 Å². The smallest absolute Gasteiger partial charge is 0.257 e. The molecule has 1 aromatic heterocycles. The van der Waals surface area contributed by atoms with Crippen molar-refractivity contribution in [3.05, 3.63) is 48.0 Å². The number of ether oxygens (including phenoxy) is 2. The Balaban J connectivity index is 1.48. The van der Waals surface area contributed by atoms with Crippen LogP contribution in [0.15, 0.2) is 47.4 Å². The van der Waals surface area contributed by atoms with Crippen LogP contribution in [-0.2, 0) is 10.0 Å². The summed E-state index contributed by atoms with van der Waals surface area (Å²) in [5.41, 5.74) is 1.05. The first-order chi connectivity index (χ1) is 15.4. The summed E-state index contributed by atoms with van der Waals surface area (Å²) in [6, 6.07) is 11.2. The van der Waals surface area contributed by atoms with Crippen LogP contribution in [0.5, 0.6) is 11.5 Å². The van der Waals surface area contributed by atoms with E-state index in [1.807, 2.05) is 6.07 Å². The van der Waals surface area contributed by atoms with Crippen molar-refractivity contribution in [2.75, 3.05) is 32.6 Å². The number of sulfonamides is 1. The van der Waals surface area contributed by atoms with Crippen LogP contribution in [0.1, 0.15) is 23.2 Å². The van der Waals surface area contributed by atoms with E-state index in [1.165, 1.54) is 39.9 Å². The first kappa shape index (κ1) is 22.2. The molecule has 1 saturated heterocycles. The lowest BCUT2D eigenvalue weighted by atomic mass is 10.2. The fourth-order valence-corrected chi connectivity index (χ4v) is 5.67. The van der Waals surface area contributed by atoms with Crippen LogP contribution in [0.2, 0.25) is 0 Å². The topological polar surface area (TPSA) is 111 Å². The Bertz CT molecular complexity index is 1220. The molecule has 0 spiro atoms. The first-order valence-electron chi connectivity index (χ1n) is 9.90. The molecule has 1 aliphatic heterocycles. The lowest BCUT2D eigenvalue weighted by molar-refractivity contribution is 0.102. The van der Waals surface area contributed by atoms with E-state index in [0.29, 0.717) is 40.3 Å². The summed E-state index contributed by atoms with van der Waals surface area (Å²) in [6.07, 6.45) is 1.73. The van der Waals surface area contributed by atoms with Crippen LogP contribution in [0.3, 0.4) is 0 Å². The van der Waals surface area contributed by atoms with Gasteiger partial charge in [0.2, 0.25) is 15.2 Å². The number of anilines is 1. The molecule has 0 saturated carbocycles. The molecule has 2 aromatic carbocycles. The molecule has 1 N–H and O–H groups in total. The Labute approximate surface area is 190 Å². The number of hydrogen-bond donors (Lipinski definition) is 1. The van der Waals surface area contributed by atoms with E-state index in [9.17, 15) is 13.2 Å². The Morgan fingerprint density at radius 2 is 1.75 bits per heavy atom. The van der Waals surface area contributed by atoms with Gasteiger partial charge in [0.15, 0.2) is 5.01 Å². The number of rotatable bonds is 7. The molecule has 1 aliphatic rings. The number of methoxy groups -OCH3 is 2. The summed E-state index contributed by atoms with van der Waals surface area (Å²) >= 11 is 1.20. The maximum atomic E-state index is 12.6. The van der Waals surface area contributed by atoms with Crippen molar-refractivity contribution in [3.63, 3.8) is 0 Å². The highest BCUT2D eigenvalue weighted by atomic mass is 32.2. The Morgan fingerprint density at radius 3 is 2.41 bits per heavy atom. The molecular formula is C21H22N4O5S2. The number of carbonyl (C=O) groups excluding carboxylic acids is 1. The van der Waals surface area contributed by atoms with Gasteiger partial charge < -0.3 is 9.47 Å². The minimum Gasteiger partial charge on any atom is -0.497 e. The molecule has 0 unspecified atom stereocenters. The lowest BCUT2D eigenvalue weighted by Crippen LogP contribution is -2.27. The van der Waals surface area contributed by atoms with E-state index < -0.39 is 15.9 Å². The third-order valence-electron chi connectivity index (χ3n) is 5.10. The standard InChI is InChI=1S/C21H22N4O5S2/c1-29-15-7-10-17(18(13-15)30-2)20-23-24-21(31-20)22-19(26)14-5-8-16(9-6-14)32(27,28)25-11-3-4-12-25/h5-10,13H,3-4,11-12H2,1-2H3,(H,22,24,26). The molecule has 3 aromatic rings. The summed E-state index contributed by atoms with van der Waals surface area (Å²) < 4.78 is 37.3. The molecule has 2 heterocycles. The molecule has 1 fully saturated rings. The molecule has 168 valence electrons. The van der Waals surface area contributed by atoms with Crippen LogP contribution in [0, 0.1) is 0 Å². The molecule has 11 heteroatoms. The first-order valence-corrected chi connectivity index (χ1v) is 12.2. The van der Waals surface area contributed by atoms with Gasteiger partial charge in [0.25, 0.3) is 5.91 Å². The third kappa shape index (κ3) is 4.45. The van der Waals surface area contributed by atoms with Crippen LogP contribution in [-0.4, -0.2) is 56.1 Å². The second-order valence-electron chi connectivity index (χ2n) is 7.07. The van der Waals surface area contributed by atoms with Gasteiger partial charge in [0, 0.05) is 24.7 Å². The van der Waals surface area contributed by atoms with Gasteiger partial charge in [-0.05, 0) is 49.2 Å². The fourth-order valence-electron chi connectivity index (χ4n) is 3.38. The molecule has 9 nitrogen and oxygen atoms in total. The van der Waals surface area contributed by atoms with Gasteiger partial charge in [-0.2, -0.15) is 4.31 Å². The van der Waals surface area contributed by atoms with Gasteiger partial charge in [-0.3, -0.25) is 10.1 Å². The Hall–Kier alpha value is -3.02. The van der Waals surface area contributed by atoms with Crippen molar-refractivity contribution >= 4 is 32.4 Å². The normalized spacial score (nSPS) is 14.3. The minimum absolute atomic E-state index is 0.181. The lowest BCUT2D eigenvalue weighted by Gasteiger charge is -2.15. The second kappa shape index (κ2) is 9.23. The maximum absolute atomic E-state index is 12.6. The highest BCUT2D eigenvalue weighted by molar-refractivity contribution is 7.89. The van der Waals surface area contributed by atoms with Crippen molar-refractivity contribution < 1.29 is 22.7 Å². The average Bonchev–Trinajstić information content (AvgIpc) is 3.51. The zero-order valence-corrected chi connectivity index (χ0v) is 19.2. The van der Waals surface area contributed by atoms with Gasteiger partial charge in [-0.1, -0.05) is 11.3 Å². The molecule has 0 atom stereocenters. The molecule has 1 amide bonds. The summed E-state index contributed by atoms with van der Waals surface area (Å²) in [5.74, 6) is 0.825. The number of carbonyl (C=O) groups is 1. The van der Waals surface area contributed by atoms with Crippen LogP contribution in [0.4, 0.5) is 5.13 Å². The summed E-state index contributed by atoms with van der Waals surface area (Å²) in [4.78, 5) is 12.8. The van der Waals surface area contributed by atoms with E-state index in [1.54, 1.807) is 26.4 Å². The minimum atomic E-state index is -3.52. The predicted molar refractivity (Wildman–Crippen MR) is 121 cm³/mol. The van der Waals surface area contributed by atoms with E-state index in [-0.39, 0.29) is 4.90 Å². The molecule has 32 heavy (non-hydrogen) atoms. The maximum Gasteiger partial charge on any atom is 0.257 e. The van der Waals surface area contributed by atoms with Crippen molar-refractivity contribution in [2.45, 2.75) is 17.7 Å². The van der Waals surface area contributed by atoms with Gasteiger partial charge in [-0.25, -0.2) is 8.42 Å².